The molecule has 0 atom stereocenters. The number of halogens is 1. The van der Waals surface area contributed by atoms with Crippen molar-refractivity contribution in [2.24, 2.45) is 0 Å². The van der Waals surface area contributed by atoms with Crippen LogP contribution in [-0.2, 0) is 11.3 Å². The van der Waals surface area contributed by atoms with Gasteiger partial charge in [-0.05, 0) is 56.5 Å². The molecule has 2 heterocycles. The van der Waals surface area contributed by atoms with Gasteiger partial charge in [0.1, 0.15) is 5.82 Å². The second-order valence-electron chi connectivity index (χ2n) is 7.33. The van der Waals surface area contributed by atoms with Crippen LogP contribution < -0.4 is 5.32 Å². The van der Waals surface area contributed by atoms with E-state index in [-0.39, 0.29) is 12.2 Å². The molecule has 32 heavy (non-hydrogen) atoms. The third-order valence-electron chi connectivity index (χ3n) is 5.07. The summed E-state index contributed by atoms with van der Waals surface area (Å²) >= 11 is 1.32. The molecule has 164 valence electrons. The molecule has 9 heteroatoms. The van der Waals surface area contributed by atoms with Crippen molar-refractivity contribution in [2.45, 2.75) is 26.7 Å². The molecule has 0 radical (unpaired) electrons. The lowest BCUT2D eigenvalue weighted by atomic mass is 10.1. The monoisotopic (exact) mass is 453 g/mol. The largest absolute Gasteiger partial charge is 0.298 e. The highest BCUT2D eigenvalue weighted by molar-refractivity contribution is 7.15. The van der Waals surface area contributed by atoms with Crippen molar-refractivity contribution < 1.29 is 23.6 Å². The van der Waals surface area contributed by atoms with E-state index in [4.69, 9.17) is 4.84 Å². The van der Waals surface area contributed by atoms with Crippen molar-refractivity contribution in [3.8, 4) is 0 Å². The molecule has 3 amide bonds. The second-order valence-corrected chi connectivity index (χ2v) is 8.42. The molecule has 0 saturated carbocycles. The molecular weight excluding hydrogens is 433 g/mol. The topological polar surface area (TPSA) is 88.6 Å². The zero-order valence-electron chi connectivity index (χ0n) is 17.5. The van der Waals surface area contributed by atoms with Crippen molar-refractivity contribution in [1.82, 2.24) is 10.0 Å². The summed E-state index contributed by atoms with van der Waals surface area (Å²) < 4.78 is 13.7. The van der Waals surface area contributed by atoms with Gasteiger partial charge in [-0.15, -0.1) is 16.4 Å². The number of carbonyl (C=O) groups excluding carboxylic acids is 3. The van der Waals surface area contributed by atoms with E-state index >= 15 is 0 Å². The van der Waals surface area contributed by atoms with Crippen LogP contribution in [0.2, 0.25) is 0 Å². The number of hydroxylamine groups is 2. The van der Waals surface area contributed by atoms with Gasteiger partial charge in [0.2, 0.25) is 0 Å². The van der Waals surface area contributed by atoms with Crippen molar-refractivity contribution >= 4 is 34.2 Å². The molecule has 0 spiro atoms. The van der Waals surface area contributed by atoms with E-state index < -0.39 is 23.5 Å². The summed E-state index contributed by atoms with van der Waals surface area (Å²) in [4.78, 5) is 47.7. The molecule has 0 unspecified atom stereocenters. The second kappa shape index (κ2) is 8.97. The molecular formula is C23H20FN3O4S. The van der Waals surface area contributed by atoms with Gasteiger partial charge in [0, 0.05) is 10.4 Å². The standard InChI is InChI=1S/C23H20FN3O4S/c1-13-9-10-15(12-18(13)24)20(28)26-23-25-14(2)19(32-23)8-5-11-31-27-21(29)16-6-3-4-7-17(16)22(27)30/h3-4,6-7,9-10,12H,5,8,11H2,1-2H3,(H,25,26,28). The Hall–Kier alpha value is -3.43. The van der Waals surface area contributed by atoms with Crippen LogP contribution in [0.5, 0.6) is 0 Å². The Balaban J connectivity index is 1.30. The first-order valence-electron chi connectivity index (χ1n) is 9.99. The number of aromatic nitrogens is 1. The van der Waals surface area contributed by atoms with E-state index in [9.17, 15) is 18.8 Å². The van der Waals surface area contributed by atoms with Gasteiger partial charge in [-0.25, -0.2) is 9.37 Å². The minimum atomic E-state index is -0.461. The van der Waals surface area contributed by atoms with Gasteiger partial charge in [0.05, 0.1) is 23.4 Å². The van der Waals surface area contributed by atoms with Crippen LogP contribution in [0.3, 0.4) is 0 Å². The average molecular weight is 453 g/mol. The summed E-state index contributed by atoms with van der Waals surface area (Å²) in [6, 6.07) is 10.9. The fourth-order valence-electron chi connectivity index (χ4n) is 3.29. The number of benzene rings is 2. The SMILES string of the molecule is Cc1ccc(C(=O)Nc2nc(C)c(CCCON3C(=O)c4ccccc4C3=O)s2)cc1F. The number of hydrogen-bond donors (Lipinski definition) is 1. The first-order valence-corrected chi connectivity index (χ1v) is 10.8. The van der Waals surface area contributed by atoms with Gasteiger partial charge >= 0.3 is 0 Å². The number of anilines is 1. The summed E-state index contributed by atoms with van der Waals surface area (Å²) in [6.45, 7) is 3.64. The quantitative estimate of drug-likeness (QED) is 0.425. The van der Waals surface area contributed by atoms with E-state index in [0.29, 0.717) is 34.7 Å². The predicted octanol–water partition coefficient (Wildman–Crippen LogP) is 4.31. The third-order valence-corrected chi connectivity index (χ3v) is 6.21. The van der Waals surface area contributed by atoms with E-state index in [1.54, 1.807) is 43.3 Å². The number of aryl methyl sites for hydroxylation is 3. The molecule has 1 N–H and O–H groups in total. The Kier molecular flexibility index (Phi) is 6.11. The summed E-state index contributed by atoms with van der Waals surface area (Å²) in [6.07, 6.45) is 1.15. The van der Waals surface area contributed by atoms with E-state index in [1.165, 1.54) is 17.4 Å². The van der Waals surface area contributed by atoms with Gasteiger partial charge in [-0.2, -0.15) is 0 Å². The fraction of sp³-hybridized carbons (Fsp3) is 0.217. The molecule has 0 saturated heterocycles. The number of nitrogens with zero attached hydrogens (tertiary/aromatic N) is 2. The minimum Gasteiger partial charge on any atom is -0.298 e. The first-order chi connectivity index (χ1) is 15.3. The average Bonchev–Trinajstić information content (AvgIpc) is 3.24. The summed E-state index contributed by atoms with van der Waals surface area (Å²) in [5, 5.41) is 3.92. The summed E-state index contributed by atoms with van der Waals surface area (Å²) in [5.74, 6) is -1.79. The highest BCUT2D eigenvalue weighted by Crippen LogP contribution is 2.26. The summed E-state index contributed by atoms with van der Waals surface area (Å²) in [5.41, 5.74) is 2.13. The molecule has 3 aromatic rings. The third kappa shape index (κ3) is 4.30. The normalized spacial score (nSPS) is 12.9. The highest BCUT2D eigenvalue weighted by atomic mass is 32.1. The lowest BCUT2D eigenvalue weighted by Gasteiger charge is -2.12. The molecule has 1 aliphatic heterocycles. The Morgan fingerprint density at radius 2 is 1.81 bits per heavy atom. The number of thiazole rings is 1. The maximum atomic E-state index is 13.7. The van der Waals surface area contributed by atoms with Crippen LogP contribution in [0.1, 0.15) is 53.6 Å². The molecule has 0 aliphatic carbocycles. The Bertz CT molecular complexity index is 1190. The zero-order chi connectivity index (χ0) is 22.8. The number of rotatable bonds is 7. The zero-order valence-corrected chi connectivity index (χ0v) is 18.3. The van der Waals surface area contributed by atoms with Crippen LogP contribution in [-0.4, -0.2) is 34.4 Å². The van der Waals surface area contributed by atoms with Crippen LogP contribution in [0.4, 0.5) is 9.52 Å². The number of amides is 3. The van der Waals surface area contributed by atoms with Gasteiger partial charge in [0.15, 0.2) is 5.13 Å². The van der Waals surface area contributed by atoms with Crippen LogP contribution >= 0.6 is 11.3 Å². The Labute approximate surface area is 187 Å². The van der Waals surface area contributed by atoms with Crippen molar-refractivity contribution in [2.75, 3.05) is 11.9 Å². The molecule has 0 bridgehead atoms. The maximum Gasteiger partial charge on any atom is 0.285 e. The smallest absolute Gasteiger partial charge is 0.285 e. The van der Waals surface area contributed by atoms with Gasteiger partial charge in [-0.3, -0.25) is 24.5 Å². The number of fused-ring (bicyclic) bond motifs is 1. The number of carbonyl (C=O) groups is 3. The number of hydrogen-bond acceptors (Lipinski definition) is 6. The number of imide groups is 1. The lowest BCUT2D eigenvalue weighted by molar-refractivity contribution is -0.0918. The van der Waals surface area contributed by atoms with Crippen molar-refractivity contribution in [3.05, 3.63) is 81.1 Å². The Morgan fingerprint density at radius 3 is 2.47 bits per heavy atom. The van der Waals surface area contributed by atoms with Gasteiger partial charge in [0.25, 0.3) is 17.7 Å². The molecule has 1 aromatic heterocycles. The van der Waals surface area contributed by atoms with Crippen LogP contribution in [0.25, 0.3) is 0 Å². The maximum absolute atomic E-state index is 13.7. The fourth-order valence-corrected chi connectivity index (χ4v) is 4.29. The minimum absolute atomic E-state index is 0.174. The van der Waals surface area contributed by atoms with E-state index in [2.05, 4.69) is 10.3 Å². The van der Waals surface area contributed by atoms with Crippen LogP contribution in [0.15, 0.2) is 42.5 Å². The van der Waals surface area contributed by atoms with Crippen LogP contribution in [0, 0.1) is 19.7 Å². The lowest BCUT2D eigenvalue weighted by Crippen LogP contribution is -2.30. The van der Waals surface area contributed by atoms with E-state index in [0.717, 1.165) is 15.6 Å². The molecule has 2 aromatic carbocycles. The molecule has 4 rings (SSSR count). The molecule has 0 fully saturated rings. The van der Waals surface area contributed by atoms with Gasteiger partial charge < -0.3 is 0 Å². The first kappa shape index (κ1) is 21.8. The summed E-state index contributed by atoms with van der Waals surface area (Å²) in [7, 11) is 0. The van der Waals surface area contributed by atoms with E-state index in [1.807, 2.05) is 6.92 Å². The van der Waals surface area contributed by atoms with Gasteiger partial charge in [-0.1, -0.05) is 18.2 Å². The van der Waals surface area contributed by atoms with Crippen molar-refractivity contribution in [1.29, 1.82) is 0 Å². The molecule has 1 aliphatic rings. The Morgan fingerprint density at radius 1 is 1.12 bits per heavy atom. The number of nitrogens with one attached hydrogen (secondary N) is 1. The highest BCUT2D eigenvalue weighted by Gasteiger charge is 2.36. The van der Waals surface area contributed by atoms with Crippen molar-refractivity contribution in [3.63, 3.8) is 0 Å². The predicted molar refractivity (Wildman–Crippen MR) is 117 cm³/mol. The molecule has 7 nitrogen and oxygen atoms in total.